The highest BCUT2D eigenvalue weighted by Crippen LogP contribution is 2.30. The average molecular weight is 428 g/mol. The number of hydrogen-bond donors (Lipinski definition) is 2. The van der Waals surface area contributed by atoms with E-state index in [-0.39, 0.29) is 22.2 Å². The predicted octanol–water partition coefficient (Wildman–Crippen LogP) is 4.45. The number of sulfonamides is 1. The second-order valence-electron chi connectivity index (χ2n) is 6.48. The smallest absolute Gasteiger partial charge is 0.262 e. The van der Waals surface area contributed by atoms with E-state index in [1.165, 1.54) is 19.2 Å². The summed E-state index contributed by atoms with van der Waals surface area (Å²) < 4.78 is 46.0. The van der Waals surface area contributed by atoms with Crippen molar-refractivity contribution in [1.82, 2.24) is 0 Å². The fourth-order valence-electron chi connectivity index (χ4n) is 2.78. The molecule has 30 heavy (non-hydrogen) atoms. The van der Waals surface area contributed by atoms with Gasteiger partial charge in [0.1, 0.15) is 11.6 Å². The number of benzene rings is 3. The zero-order valence-corrected chi connectivity index (χ0v) is 17.3. The number of carbonyl (C=O) groups excluding carboxylic acids is 1. The molecule has 0 radical (unpaired) electrons. The molecule has 3 aromatic carbocycles. The SMILES string of the molecule is CCc1ccc(C(=O)Nc2ccc(OC)c(NS(=O)(=O)c3ccc(F)cc3)c2)cc1. The Bertz CT molecular complexity index is 1140. The van der Waals surface area contributed by atoms with E-state index in [1.807, 2.05) is 19.1 Å². The highest BCUT2D eigenvalue weighted by molar-refractivity contribution is 7.92. The first-order chi connectivity index (χ1) is 14.3. The Morgan fingerprint density at radius 3 is 2.27 bits per heavy atom. The number of carbonyl (C=O) groups is 1. The first-order valence-corrected chi connectivity index (χ1v) is 10.7. The molecule has 1 amide bonds. The molecule has 0 bridgehead atoms. The number of nitrogens with one attached hydrogen (secondary N) is 2. The van der Waals surface area contributed by atoms with Crippen molar-refractivity contribution in [3.63, 3.8) is 0 Å². The normalized spacial score (nSPS) is 11.0. The van der Waals surface area contributed by atoms with E-state index in [4.69, 9.17) is 4.74 Å². The van der Waals surface area contributed by atoms with E-state index >= 15 is 0 Å². The molecule has 6 nitrogen and oxygen atoms in total. The molecule has 0 aromatic heterocycles. The maximum atomic E-state index is 13.1. The summed E-state index contributed by atoms with van der Waals surface area (Å²) in [4.78, 5) is 12.4. The third-order valence-electron chi connectivity index (χ3n) is 4.45. The third-order valence-corrected chi connectivity index (χ3v) is 5.83. The number of methoxy groups -OCH3 is 1. The van der Waals surface area contributed by atoms with Gasteiger partial charge in [0, 0.05) is 11.3 Å². The fourth-order valence-corrected chi connectivity index (χ4v) is 3.84. The fraction of sp³-hybridized carbons (Fsp3) is 0.136. The van der Waals surface area contributed by atoms with Crippen LogP contribution in [0.4, 0.5) is 15.8 Å². The molecule has 0 aliphatic rings. The van der Waals surface area contributed by atoms with Gasteiger partial charge in [-0.3, -0.25) is 9.52 Å². The van der Waals surface area contributed by atoms with Gasteiger partial charge in [-0.15, -0.1) is 0 Å². The van der Waals surface area contributed by atoms with E-state index in [2.05, 4.69) is 10.0 Å². The Balaban J connectivity index is 1.84. The monoisotopic (exact) mass is 428 g/mol. The van der Waals surface area contributed by atoms with Crippen LogP contribution < -0.4 is 14.8 Å². The minimum Gasteiger partial charge on any atom is -0.495 e. The molecular formula is C22H21FN2O4S. The van der Waals surface area contributed by atoms with Crippen LogP contribution in [0.25, 0.3) is 0 Å². The molecule has 3 aromatic rings. The van der Waals surface area contributed by atoms with Crippen LogP contribution in [0.5, 0.6) is 5.75 Å². The minimum absolute atomic E-state index is 0.101. The summed E-state index contributed by atoms with van der Waals surface area (Å²) >= 11 is 0. The average Bonchev–Trinajstić information content (AvgIpc) is 2.74. The Hall–Kier alpha value is -3.39. The van der Waals surface area contributed by atoms with Crippen molar-refractivity contribution in [2.24, 2.45) is 0 Å². The number of amides is 1. The standard InChI is InChI=1S/C22H21FN2O4S/c1-3-15-4-6-16(7-5-15)22(26)24-18-10-13-21(29-2)20(14-18)25-30(27,28)19-11-8-17(23)9-12-19/h4-14,25H,3H2,1-2H3,(H,24,26). The van der Waals surface area contributed by atoms with Crippen LogP contribution in [-0.2, 0) is 16.4 Å². The van der Waals surface area contributed by atoms with Crippen LogP contribution in [0.15, 0.2) is 71.6 Å². The molecule has 0 fully saturated rings. The summed E-state index contributed by atoms with van der Waals surface area (Å²) in [5.41, 5.74) is 2.13. The number of ether oxygens (including phenoxy) is 1. The van der Waals surface area contributed by atoms with E-state index in [9.17, 15) is 17.6 Å². The maximum Gasteiger partial charge on any atom is 0.262 e. The lowest BCUT2D eigenvalue weighted by Gasteiger charge is -2.14. The molecule has 0 saturated carbocycles. The zero-order chi connectivity index (χ0) is 21.7. The van der Waals surface area contributed by atoms with Crippen molar-refractivity contribution in [2.75, 3.05) is 17.1 Å². The molecule has 0 saturated heterocycles. The summed E-state index contributed by atoms with van der Waals surface area (Å²) in [6.45, 7) is 2.03. The van der Waals surface area contributed by atoms with E-state index in [0.717, 1.165) is 36.2 Å². The summed E-state index contributed by atoms with van der Waals surface area (Å²) in [6.07, 6.45) is 0.873. The van der Waals surface area contributed by atoms with E-state index < -0.39 is 15.8 Å². The lowest BCUT2D eigenvalue weighted by Crippen LogP contribution is -2.15. The van der Waals surface area contributed by atoms with E-state index in [0.29, 0.717) is 11.3 Å². The van der Waals surface area contributed by atoms with Gasteiger partial charge in [-0.2, -0.15) is 0 Å². The largest absolute Gasteiger partial charge is 0.495 e. The quantitative estimate of drug-likeness (QED) is 0.582. The van der Waals surface area contributed by atoms with Crippen molar-refractivity contribution in [3.8, 4) is 5.75 Å². The van der Waals surface area contributed by atoms with Gasteiger partial charge in [-0.25, -0.2) is 12.8 Å². The molecule has 0 spiro atoms. The van der Waals surface area contributed by atoms with Crippen LogP contribution in [0, 0.1) is 5.82 Å². The second kappa shape index (κ2) is 8.96. The van der Waals surface area contributed by atoms with Gasteiger partial charge in [0.2, 0.25) is 0 Å². The number of halogens is 1. The number of rotatable bonds is 7. The highest BCUT2D eigenvalue weighted by Gasteiger charge is 2.17. The molecule has 2 N–H and O–H groups in total. The first kappa shape index (κ1) is 21.3. The number of hydrogen-bond acceptors (Lipinski definition) is 4. The molecule has 0 atom stereocenters. The minimum atomic E-state index is -3.98. The van der Waals surface area contributed by atoms with Gasteiger partial charge in [-0.05, 0) is 66.6 Å². The topological polar surface area (TPSA) is 84.5 Å². The van der Waals surface area contributed by atoms with E-state index in [1.54, 1.807) is 18.2 Å². The highest BCUT2D eigenvalue weighted by atomic mass is 32.2. The Morgan fingerprint density at radius 1 is 1.00 bits per heavy atom. The number of anilines is 2. The Morgan fingerprint density at radius 2 is 1.67 bits per heavy atom. The zero-order valence-electron chi connectivity index (χ0n) is 16.5. The van der Waals surface area contributed by atoms with Gasteiger partial charge in [-0.1, -0.05) is 19.1 Å². The summed E-state index contributed by atoms with van der Waals surface area (Å²) in [6, 6.07) is 16.3. The van der Waals surface area contributed by atoms with Gasteiger partial charge >= 0.3 is 0 Å². The van der Waals surface area contributed by atoms with Crippen LogP contribution in [0.3, 0.4) is 0 Å². The molecule has 156 valence electrons. The maximum absolute atomic E-state index is 13.1. The Labute approximate surface area is 174 Å². The molecular weight excluding hydrogens is 407 g/mol. The van der Waals surface area contributed by atoms with Gasteiger partial charge in [0.05, 0.1) is 17.7 Å². The molecule has 8 heteroatoms. The molecule has 0 heterocycles. The van der Waals surface area contributed by atoms with Gasteiger partial charge in [0.15, 0.2) is 0 Å². The van der Waals surface area contributed by atoms with Crippen molar-refractivity contribution >= 4 is 27.3 Å². The first-order valence-electron chi connectivity index (χ1n) is 9.19. The molecule has 0 unspecified atom stereocenters. The van der Waals surface area contributed by atoms with Crippen molar-refractivity contribution < 1.29 is 22.3 Å². The van der Waals surface area contributed by atoms with Crippen molar-refractivity contribution in [2.45, 2.75) is 18.2 Å². The summed E-state index contributed by atoms with van der Waals surface area (Å²) in [5, 5.41) is 2.74. The van der Waals surface area contributed by atoms with Crippen LogP contribution in [0.2, 0.25) is 0 Å². The lowest BCUT2D eigenvalue weighted by atomic mass is 10.1. The van der Waals surface area contributed by atoms with Crippen molar-refractivity contribution in [1.29, 1.82) is 0 Å². The van der Waals surface area contributed by atoms with Gasteiger partial charge in [0.25, 0.3) is 15.9 Å². The molecule has 3 rings (SSSR count). The third kappa shape index (κ3) is 4.96. The van der Waals surface area contributed by atoms with Gasteiger partial charge < -0.3 is 10.1 Å². The van der Waals surface area contributed by atoms with Crippen LogP contribution in [0.1, 0.15) is 22.8 Å². The predicted molar refractivity (Wildman–Crippen MR) is 114 cm³/mol. The second-order valence-corrected chi connectivity index (χ2v) is 8.16. The molecule has 0 aliphatic heterocycles. The summed E-state index contributed by atoms with van der Waals surface area (Å²) in [7, 11) is -2.58. The molecule has 0 aliphatic carbocycles. The lowest BCUT2D eigenvalue weighted by molar-refractivity contribution is 0.102. The Kier molecular flexibility index (Phi) is 6.37. The summed E-state index contributed by atoms with van der Waals surface area (Å²) in [5.74, 6) is -0.593. The van der Waals surface area contributed by atoms with Crippen LogP contribution in [-0.4, -0.2) is 21.4 Å². The van der Waals surface area contributed by atoms with Crippen LogP contribution >= 0.6 is 0 Å². The number of aryl methyl sites for hydroxylation is 1. The van der Waals surface area contributed by atoms with Crippen molar-refractivity contribution in [3.05, 3.63) is 83.7 Å².